The summed E-state index contributed by atoms with van der Waals surface area (Å²) in [5.41, 5.74) is 0.577. The minimum atomic E-state index is -0.464. The highest BCUT2D eigenvalue weighted by Gasteiger charge is 2.24. The summed E-state index contributed by atoms with van der Waals surface area (Å²) in [5, 5.41) is 14.5. The number of amides is 1. The minimum Gasteiger partial charge on any atom is -0.341 e. The summed E-state index contributed by atoms with van der Waals surface area (Å²) >= 11 is 6.06. The predicted octanol–water partition coefficient (Wildman–Crippen LogP) is 2.63. The van der Waals surface area contributed by atoms with Crippen LogP contribution >= 0.6 is 24.0 Å². The third-order valence-electron chi connectivity index (χ3n) is 3.71. The lowest BCUT2D eigenvalue weighted by Gasteiger charge is -2.27. The first-order valence-electron chi connectivity index (χ1n) is 6.87. The largest absolute Gasteiger partial charge is 0.341 e. The van der Waals surface area contributed by atoms with Crippen LogP contribution in [0.25, 0.3) is 0 Å². The van der Waals surface area contributed by atoms with Crippen molar-refractivity contribution in [2.75, 3.05) is 20.1 Å². The van der Waals surface area contributed by atoms with E-state index in [1.54, 1.807) is 11.9 Å². The summed E-state index contributed by atoms with van der Waals surface area (Å²) in [5.74, 6) is 0.0906. The van der Waals surface area contributed by atoms with Crippen LogP contribution in [0.2, 0.25) is 5.02 Å². The van der Waals surface area contributed by atoms with E-state index in [1.165, 1.54) is 18.2 Å². The van der Waals surface area contributed by atoms with Gasteiger partial charge in [-0.2, -0.15) is 0 Å². The molecule has 1 aromatic carbocycles. The molecule has 0 aliphatic carbocycles. The lowest BCUT2D eigenvalue weighted by Crippen LogP contribution is -2.38. The van der Waals surface area contributed by atoms with E-state index in [4.69, 9.17) is 11.6 Å². The molecule has 0 spiro atoms. The molecular weight excluding hydrogens is 329 g/mol. The molecule has 1 fully saturated rings. The number of non-ortho nitro benzene ring substituents is 1. The molecule has 0 aromatic heterocycles. The van der Waals surface area contributed by atoms with Crippen LogP contribution in [-0.4, -0.2) is 35.9 Å². The topological polar surface area (TPSA) is 75.5 Å². The number of rotatable bonds is 4. The summed E-state index contributed by atoms with van der Waals surface area (Å²) in [6.45, 7) is 1.98. The minimum absolute atomic E-state index is 0. The molecule has 0 bridgehead atoms. The SMILES string of the molecule is CN(Cc1cc([N+](=O)[O-])ccc1Cl)C(=O)C1CCNCC1.Cl. The highest BCUT2D eigenvalue weighted by molar-refractivity contribution is 6.31. The number of hydrogen-bond acceptors (Lipinski definition) is 4. The van der Waals surface area contributed by atoms with Gasteiger partial charge >= 0.3 is 0 Å². The van der Waals surface area contributed by atoms with Crippen molar-refractivity contribution in [2.45, 2.75) is 19.4 Å². The zero-order chi connectivity index (χ0) is 15.4. The third-order valence-corrected chi connectivity index (χ3v) is 4.08. The van der Waals surface area contributed by atoms with E-state index in [-0.39, 0.29) is 36.5 Å². The van der Waals surface area contributed by atoms with Crippen molar-refractivity contribution in [3.8, 4) is 0 Å². The standard InChI is InChI=1S/C14H18ClN3O3.ClH/c1-17(14(19)10-4-6-16-7-5-10)9-11-8-12(18(20)21)2-3-13(11)15;/h2-3,8,10,16H,4-7,9H2,1H3;1H. The maximum absolute atomic E-state index is 12.4. The van der Waals surface area contributed by atoms with Crippen LogP contribution in [0, 0.1) is 16.0 Å². The predicted molar refractivity (Wildman–Crippen MR) is 87.4 cm³/mol. The average molecular weight is 348 g/mol. The van der Waals surface area contributed by atoms with Gasteiger partial charge in [0.05, 0.1) is 4.92 Å². The lowest BCUT2D eigenvalue weighted by atomic mass is 9.96. The molecule has 1 aliphatic rings. The molecule has 8 heteroatoms. The van der Waals surface area contributed by atoms with Crippen molar-refractivity contribution in [3.63, 3.8) is 0 Å². The first-order chi connectivity index (χ1) is 9.99. The smallest absolute Gasteiger partial charge is 0.269 e. The van der Waals surface area contributed by atoms with Gasteiger partial charge in [-0.1, -0.05) is 11.6 Å². The van der Waals surface area contributed by atoms with E-state index >= 15 is 0 Å². The summed E-state index contributed by atoms with van der Waals surface area (Å²) < 4.78 is 0. The van der Waals surface area contributed by atoms with Crippen LogP contribution in [-0.2, 0) is 11.3 Å². The molecule has 0 saturated carbocycles. The fraction of sp³-hybridized carbons (Fsp3) is 0.500. The number of carbonyl (C=O) groups excluding carboxylic acids is 1. The van der Waals surface area contributed by atoms with Gasteiger partial charge in [-0.15, -0.1) is 12.4 Å². The van der Waals surface area contributed by atoms with Crippen molar-refractivity contribution >= 4 is 35.6 Å². The number of nitrogens with one attached hydrogen (secondary N) is 1. The van der Waals surface area contributed by atoms with Gasteiger partial charge in [-0.05, 0) is 37.6 Å². The molecule has 0 radical (unpaired) electrons. The zero-order valence-electron chi connectivity index (χ0n) is 12.3. The first-order valence-corrected chi connectivity index (χ1v) is 7.25. The first kappa shape index (κ1) is 18.7. The van der Waals surface area contributed by atoms with Gasteiger partial charge in [0.2, 0.25) is 5.91 Å². The van der Waals surface area contributed by atoms with Crippen LogP contribution in [0.15, 0.2) is 18.2 Å². The molecule has 1 amide bonds. The van der Waals surface area contributed by atoms with Crippen molar-refractivity contribution in [3.05, 3.63) is 38.9 Å². The second kappa shape index (κ2) is 8.31. The highest BCUT2D eigenvalue weighted by Crippen LogP contribution is 2.24. The number of nitro groups is 1. The Labute approximate surface area is 140 Å². The lowest BCUT2D eigenvalue weighted by molar-refractivity contribution is -0.384. The number of nitrogens with zero attached hydrogens (tertiary/aromatic N) is 2. The number of carbonyl (C=O) groups is 1. The molecular formula is C14H19Cl2N3O3. The summed E-state index contributed by atoms with van der Waals surface area (Å²) in [6.07, 6.45) is 1.65. The van der Waals surface area contributed by atoms with Gasteiger partial charge < -0.3 is 10.2 Å². The molecule has 1 N–H and O–H groups in total. The van der Waals surface area contributed by atoms with Crippen LogP contribution in [0.1, 0.15) is 18.4 Å². The Balaban J connectivity index is 0.00000242. The zero-order valence-corrected chi connectivity index (χ0v) is 13.8. The molecule has 122 valence electrons. The molecule has 2 rings (SSSR count). The summed E-state index contributed by atoms with van der Waals surface area (Å²) in [4.78, 5) is 24.3. The second-order valence-electron chi connectivity index (χ2n) is 5.25. The summed E-state index contributed by atoms with van der Waals surface area (Å²) in [6, 6.07) is 4.28. The monoisotopic (exact) mass is 347 g/mol. The van der Waals surface area contributed by atoms with Crippen molar-refractivity contribution in [1.29, 1.82) is 0 Å². The fourth-order valence-corrected chi connectivity index (χ4v) is 2.69. The molecule has 6 nitrogen and oxygen atoms in total. The number of nitro benzene ring substituents is 1. The van der Waals surface area contributed by atoms with Crippen molar-refractivity contribution in [2.24, 2.45) is 5.92 Å². The Morgan fingerprint density at radius 1 is 1.45 bits per heavy atom. The van der Waals surface area contributed by atoms with Crippen molar-refractivity contribution < 1.29 is 9.72 Å². The van der Waals surface area contributed by atoms with Gasteiger partial charge in [-0.3, -0.25) is 14.9 Å². The highest BCUT2D eigenvalue weighted by atomic mass is 35.5. The van der Waals surface area contributed by atoms with Crippen LogP contribution in [0.4, 0.5) is 5.69 Å². The normalized spacial score (nSPS) is 15.0. The molecule has 1 heterocycles. The van der Waals surface area contributed by atoms with Crippen LogP contribution < -0.4 is 5.32 Å². The van der Waals surface area contributed by atoms with E-state index in [2.05, 4.69) is 5.32 Å². The van der Waals surface area contributed by atoms with E-state index in [0.717, 1.165) is 25.9 Å². The van der Waals surface area contributed by atoms with Gasteiger partial charge in [0, 0.05) is 36.7 Å². The molecule has 22 heavy (non-hydrogen) atoms. The fourth-order valence-electron chi connectivity index (χ4n) is 2.51. The third kappa shape index (κ3) is 4.56. The Morgan fingerprint density at radius 2 is 2.09 bits per heavy atom. The molecule has 1 aromatic rings. The van der Waals surface area contributed by atoms with Gasteiger partial charge in [0.25, 0.3) is 5.69 Å². The van der Waals surface area contributed by atoms with Gasteiger partial charge in [0.1, 0.15) is 0 Å². The molecule has 1 aliphatic heterocycles. The maximum atomic E-state index is 12.4. The Bertz CT molecular complexity index is 548. The Hall–Kier alpha value is -1.37. The number of piperidine rings is 1. The molecule has 0 atom stereocenters. The van der Waals surface area contributed by atoms with Crippen LogP contribution in [0.3, 0.4) is 0 Å². The molecule has 0 unspecified atom stereocenters. The maximum Gasteiger partial charge on any atom is 0.269 e. The number of hydrogen-bond donors (Lipinski definition) is 1. The average Bonchev–Trinajstić information content (AvgIpc) is 2.49. The van der Waals surface area contributed by atoms with Crippen molar-refractivity contribution in [1.82, 2.24) is 10.2 Å². The Kier molecular flexibility index (Phi) is 7.06. The van der Waals surface area contributed by atoms with E-state index in [1.807, 2.05) is 0 Å². The van der Waals surface area contributed by atoms with E-state index < -0.39 is 4.92 Å². The van der Waals surface area contributed by atoms with Gasteiger partial charge in [0.15, 0.2) is 0 Å². The molecule has 1 saturated heterocycles. The quantitative estimate of drug-likeness (QED) is 0.670. The van der Waals surface area contributed by atoms with Gasteiger partial charge in [-0.25, -0.2) is 0 Å². The number of halogens is 2. The van der Waals surface area contributed by atoms with E-state index in [9.17, 15) is 14.9 Å². The van der Waals surface area contributed by atoms with E-state index in [0.29, 0.717) is 10.6 Å². The Morgan fingerprint density at radius 3 is 2.68 bits per heavy atom. The second-order valence-corrected chi connectivity index (χ2v) is 5.66. The summed E-state index contributed by atoms with van der Waals surface area (Å²) in [7, 11) is 1.71. The van der Waals surface area contributed by atoms with Crippen LogP contribution in [0.5, 0.6) is 0 Å². The number of benzene rings is 1.